The maximum absolute atomic E-state index is 13.3. The number of carbonyl (C=O) groups is 1. The van der Waals surface area contributed by atoms with Gasteiger partial charge in [0.2, 0.25) is 5.91 Å². The minimum atomic E-state index is -0.803. The van der Waals surface area contributed by atoms with Gasteiger partial charge in [-0.05, 0) is 25.0 Å². The van der Waals surface area contributed by atoms with Crippen LogP contribution in [0.1, 0.15) is 19.3 Å². The molecule has 1 aromatic rings. The third kappa shape index (κ3) is 2.55. The van der Waals surface area contributed by atoms with E-state index in [0.717, 1.165) is 6.42 Å². The Bertz CT molecular complexity index is 538. The van der Waals surface area contributed by atoms with Crippen molar-refractivity contribution in [3.8, 4) is 0 Å². The Hall–Kier alpha value is -0.910. The lowest BCUT2D eigenvalue weighted by molar-refractivity contribution is -0.125. The topological polar surface area (TPSA) is 55.1 Å². The molecule has 0 aliphatic heterocycles. The van der Waals surface area contributed by atoms with Crippen molar-refractivity contribution in [3.63, 3.8) is 0 Å². The summed E-state index contributed by atoms with van der Waals surface area (Å²) in [5, 5.41) is 2.33. The van der Waals surface area contributed by atoms with E-state index in [1.807, 2.05) is 0 Å². The molecule has 1 aliphatic rings. The Morgan fingerprint density at radius 1 is 1.37 bits per heavy atom. The normalized spacial score (nSPS) is 16.6. The van der Waals surface area contributed by atoms with Gasteiger partial charge in [0.1, 0.15) is 0 Å². The SMILES string of the molecule is NC(=S)C1(C(=O)Nc2cc(Cl)c(F)c(Cl)c2)CCC1. The van der Waals surface area contributed by atoms with Gasteiger partial charge in [-0.2, -0.15) is 0 Å². The Morgan fingerprint density at radius 2 is 1.89 bits per heavy atom. The van der Waals surface area contributed by atoms with Crippen LogP contribution in [-0.4, -0.2) is 10.9 Å². The molecule has 1 amide bonds. The molecular weight excluding hydrogens is 310 g/mol. The highest BCUT2D eigenvalue weighted by Gasteiger charge is 2.46. The van der Waals surface area contributed by atoms with Crippen LogP contribution in [0.5, 0.6) is 0 Å². The quantitative estimate of drug-likeness (QED) is 0.661. The van der Waals surface area contributed by atoms with E-state index in [-0.39, 0.29) is 20.9 Å². The van der Waals surface area contributed by atoms with E-state index in [0.29, 0.717) is 18.5 Å². The molecule has 0 radical (unpaired) electrons. The van der Waals surface area contributed by atoms with E-state index >= 15 is 0 Å². The van der Waals surface area contributed by atoms with Crippen LogP contribution in [-0.2, 0) is 4.79 Å². The fourth-order valence-corrected chi connectivity index (χ4v) is 2.78. The van der Waals surface area contributed by atoms with Crippen molar-refractivity contribution < 1.29 is 9.18 Å². The summed E-state index contributed by atoms with van der Waals surface area (Å²) >= 11 is 16.3. The van der Waals surface area contributed by atoms with Gasteiger partial charge in [-0.25, -0.2) is 4.39 Å². The predicted octanol–water partition coefficient (Wildman–Crippen LogP) is 3.53. The molecule has 0 aromatic heterocycles. The number of nitrogens with one attached hydrogen (secondary N) is 1. The summed E-state index contributed by atoms with van der Waals surface area (Å²) in [6.45, 7) is 0. The van der Waals surface area contributed by atoms with Gasteiger partial charge in [-0.3, -0.25) is 4.79 Å². The first kappa shape index (κ1) is 14.5. The number of amides is 1. The van der Waals surface area contributed by atoms with E-state index in [9.17, 15) is 9.18 Å². The number of anilines is 1. The largest absolute Gasteiger partial charge is 0.392 e. The molecule has 0 bridgehead atoms. The molecule has 19 heavy (non-hydrogen) atoms. The highest BCUT2D eigenvalue weighted by atomic mass is 35.5. The third-order valence-corrected chi connectivity index (χ3v) is 4.30. The van der Waals surface area contributed by atoms with Gasteiger partial charge in [-0.15, -0.1) is 0 Å². The molecule has 0 heterocycles. The molecule has 1 aliphatic carbocycles. The summed E-state index contributed by atoms with van der Waals surface area (Å²) in [7, 11) is 0. The lowest BCUT2D eigenvalue weighted by atomic mass is 9.68. The van der Waals surface area contributed by atoms with Crippen LogP contribution >= 0.6 is 35.4 Å². The Kier molecular flexibility index (Phi) is 3.99. The zero-order chi connectivity index (χ0) is 14.2. The summed E-state index contributed by atoms with van der Waals surface area (Å²) in [6.07, 6.45) is 2.14. The van der Waals surface area contributed by atoms with Gasteiger partial charge in [0.25, 0.3) is 0 Å². The number of benzene rings is 1. The van der Waals surface area contributed by atoms with Crippen molar-refractivity contribution in [2.75, 3.05) is 5.32 Å². The zero-order valence-electron chi connectivity index (χ0n) is 9.80. The maximum atomic E-state index is 13.3. The predicted molar refractivity (Wildman–Crippen MR) is 78.1 cm³/mol. The summed E-state index contributed by atoms with van der Waals surface area (Å²) < 4.78 is 13.3. The molecule has 1 fully saturated rings. The van der Waals surface area contributed by atoms with Crippen molar-refractivity contribution in [1.82, 2.24) is 0 Å². The molecule has 0 unspecified atom stereocenters. The number of hydrogen-bond donors (Lipinski definition) is 2. The van der Waals surface area contributed by atoms with Gasteiger partial charge in [0.15, 0.2) is 5.82 Å². The van der Waals surface area contributed by atoms with Crippen LogP contribution in [0.15, 0.2) is 12.1 Å². The molecule has 0 saturated heterocycles. The van der Waals surface area contributed by atoms with Gasteiger partial charge in [0.05, 0.1) is 20.4 Å². The summed E-state index contributed by atoms with van der Waals surface area (Å²) in [5.41, 5.74) is 5.15. The molecule has 102 valence electrons. The van der Waals surface area contributed by atoms with Crippen LogP contribution in [0.4, 0.5) is 10.1 Å². The Morgan fingerprint density at radius 3 is 2.26 bits per heavy atom. The zero-order valence-corrected chi connectivity index (χ0v) is 12.1. The molecule has 0 atom stereocenters. The lowest BCUT2D eigenvalue weighted by Crippen LogP contribution is -2.50. The molecule has 0 spiro atoms. The van der Waals surface area contributed by atoms with E-state index in [2.05, 4.69) is 5.32 Å². The molecular formula is C12H11Cl2FN2OS. The molecule has 7 heteroatoms. The second kappa shape index (κ2) is 5.23. The minimum Gasteiger partial charge on any atom is -0.392 e. The number of nitrogens with two attached hydrogens (primary N) is 1. The first-order valence-electron chi connectivity index (χ1n) is 5.63. The monoisotopic (exact) mass is 320 g/mol. The van der Waals surface area contributed by atoms with Crippen LogP contribution < -0.4 is 11.1 Å². The highest BCUT2D eigenvalue weighted by Crippen LogP contribution is 2.42. The van der Waals surface area contributed by atoms with Crippen LogP contribution in [0.2, 0.25) is 10.0 Å². The second-order valence-electron chi connectivity index (χ2n) is 4.51. The molecule has 3 nitrogen and oxygen atoms in total. The molecule has 1 saturated carbocycles. The number of rotatable bonds is 3. The van der Waals surface area contributed by atoms with Crippen molar-refractivity contribution in [2.24, 2.45) is 11.1 Å². The fraction of sp³-hybridized carbons (Fsp3) is 0.333. The Labute approximate surface area is 125 Å². The summed E-state index contributed by atoms with van der Waals surface area (Å²) in [4.78, 5) is 12.4. The van der Waals surface area contributed by atoms with E-state index in [1.54, 1.807) is 0 Å². The number of thiocarbonyl (C=S) groups is 1. The number of halogens is 3. The second-order valence-corrected chi connectivity index (χ2v) is 5.76. The lowest BCUT2D eigenvalue weighted by Gasteiger charge is -2.39. The van der Waals surface area contributed by atoms with Gasteiger partial charge < -0.3 is 11.1 Å². The number of hydrogen-bond acceptors (Lipinski definition) is 2. The van der Waals surface area contributed by atoms with Crippen molar-refractivity contribution >= 4 is 52.0 Å². The first-order chi connectivity index (χ1) is 8.86. The minimum absolute atomic E-state index is 0.152. The molecule has 2 rings (SSSR count). The van der Waals surface area contributed by atoms with Crippen molar-refractivity contribution in [3.05, 3.63) is 28.0 Å². The fourth-order valence-electron chi connectivity index (χ4n) is 1.99. The van der Waals surface area contributed by atoms with Gasteiger partial charge in [0, 0.05) is 5.69 Å². The average molecular weight is 321 g/mol. The first-order valence-corrected chi connectivity index (χ1v) is 6.79. The van der Waals surface area contributed by atoms with Crippen LogP contribution in [0, 0.1) is 11.2 Å². The van der Waals surface area contributed by atoms with E-state index in [4.69, 9.17) is 41.2 Å². The molecule has 3 N–H and O–H groups in total. The van der Waals surface area contributed by atoms with Crippen LogP contribution in [0.25, 0.3) is 0 Å². The van der Waals surface area contributed by atoms with Crippen molar-refractivity contribution in [1.29, 1.82) is 0 Å². The van der Waals surface area contributed by atoms with Crippen LogP contribution in [0.3, 0.4) is 0 Å². The number of carbonyl (C=O) groups excluding carboxylic acids is 1. The third-order valence-electron chi connectivity index (χ3n) is 3.36. The maximum Gasteiger partial charge on any atom is 0.237 e. The average Bonchev–Trinajstić information content (AvgIpc) is 2.23. The smallest absolute Gasteiger partial charge is 0.237 e. The van der Waals surface area contributed by atoms with Gasteiger partial charge >= 0.3 is 0 Å². The van der Waals surface area contributed by atoms with E-state index < -0.39 is 11.2 Å². The standard InChI is InChI=1S/C12H11Cl2FN2OS/c13-7-4-6(5-8(14)9(7)15)17-11(18)12(10(16)19)2-1-3-12/h4-5H,1-3H2,(H2,16,19)(H,17,18). The van der Waals surface area contributed by atoms with Crippen molar-refractivity contribution in [2.45, 2.75) is 19.3 Å². The highest BCUT2D eigenvalue weighted by molar-refractivity contribution is 7.80. The Balaban J connectivity index is 2.22. The molecule has 1 aromatic carbocycles. The summed E-state index contributed by atoms with van der Waals surface area (Å²) in [5.74, 6) is -1.01. The van der Waals surface area contributed by atoms with E-state index in [1.165, 1.54) is 12.1 Å². The summed E-state index contributed by atoms with van der Waals surface area (Å²) in [6, 6.07) is 2.60. The van der Waals surface area contributed by atoms with Gasteiger partial charge in [-0.1, -0.05) is 41.8 Å².